The van der Waals surface area contributed by atoms with Crippen LogP contribution in [0.3, 0.4) is 0 Å². The zero-order valence-electron chi connectivity index (χ0n) is 6.26. The maximum Gasteiger partial charge on any atom is 0.154 e. The molecule has 0 aromatic carbocycles. The van der Waals surface area contributed by atoms with E-state index in [0.717, 1.165) is 12.8 Å². The predicted molar refractivity (Wildman–Crippen MR) is 40.6 cm³/mol. The fraction of sp³-hybridized carbons (Fsp3) is 0.625. The standard InChI is InChI=1S/C8H13NO/c1-2-8(10)7-5-3-4-6-9-7/h4,6-7,9H,2-3,5H2,1H3. The van der Waals surface area contributed by atoms with Gasteiger partial charge in [0.1, 0.15) is 0 Å². The minimum atomic E-state index is 0.0926. The van der Waals surface area contributed by atoms with Crippen LogP contribution in [0.2, 0.25) is 0 Å². The third-order valence-electron chi connectivity index (χ3n) is 1.77. The molecule has 1 atom stereocenters. The molecular formula is C8H13NO. The third-order valence-corrected chi connectivity index (χ3v) is 1.77. The first-order chi connectivity index (χ1) is 4.84. The van der Waals surface area contributed by atoms with Crippen LogP contribution in [0.1, 0.15) is 26.2 Å². The molecular weight excluding hydrogens is 126 g/mol. The Morgan fingerprint density at radius 1 is 1.80 bits per heavy atom. The second-order valence-electron chi connectivity index (χ2n) is 2.52. The van der Waals surface area contributed by atoms with E-state index in [2.05, 4.69) is 11.4 Å². The van der Waals surface area contributed by atoms with E-state index in [4.69, 9.17) is 0 Å². The molecule has 10 heavy (non-hydrogen) atoms. The van der Waals surface area contributed by atoms with Gasteiger partial charge in [-0.1, -0.05) is 13.0 Å². The van der Waals surface area contributed by atoms with Crippen LogP contribution in [0.4, 0.5) is 0 Å². The van der Waals surface area contributed by atoms with Crippen LogP contribution < -0.4 is 5.32 Å². The van der Waals surface area contributed by atoms with Crippen LogP contribution in [-0.2, 0) is 4.79 Å². The van der Waals surface area contributed by atoms with E-state index in [9.17, 15) is 4.79 Å². The summed E-state index contributed by atoms with van der Waals surface area (Å²) in [7, 11) is 0. The molecule has 0 amide bonds. The first-order valence-corrected chi connectivity index (χ1v) is 3.78. The Labute approximate surface area is 61.3 Å². The van der Waals surface area contributed by atoms with Crippen molar-refractivity contribution >= 4 is 5.78 Å². The number of hydrogen-bond donors (Lipinski definition) is 1. The summed E-state index contributed by atoms with van der Waals surface area (Å²) in [5.41, 5.74) is 0. The summed E-state index contributed by atoms with van der Waals surface area (Å²) in [6.45, 7) is 1.91. The summed E-state index contributed by atoms with van der Waals surface area (Å²) in [4.78, 5) is 11.1. The van der Waals surface area contributed by atoms with Gasteiger partial charge in [0.15, 0.2) is 5.78 Å². The Balaban J connectivity index is 2.41. The minimum absolute atomic E-state index is 0.0926. The van der Waals surface area contributed by atoms with Crippen molar-refractivity contribution in [2.75, 3.05) is 0 Å². The molecule has 1 aliphatic heterocycles. The van der Waals surface area contributed by atoms with Crippen LogP contribution >= 0.6 is 0 Å². The number of hydrogen-bond acceptors (Lipinski definition) is 2. The van der Waals surface area contributed by atoms with Crippen LogP contribution in [0, 0.1) is 0 Å². The SMILES string of the molecule is CCC(=O)C1CCC=CN1. The predicted octanol–water partition coefficient (Wildman–Crippen LogP) is 1.23. The van der Waals surface area contributed by atoms with Gasteiger partial charge in [0.05, 0.1) is 6.04 Å². The van der Waals surface area contributed by atoms with Crippen LogP contribution in [0.15, 0.2) is 12.3 Å². The van der Waals surface area contributed by atoms with Gasteiger partial charge in [-0.15, -0.1) is 0 Å². The lowest BCUT2D eigenvalue weighted by molar-refractivity contribution is -0.120. The monoisotopic (exact) mass is 139 g/mol. The van der Waals surface area contributed by atoms with Gasteiger partial charge < -0.3 is 5.32 Å². The summed E-state index contributed by atoms with van der Waals surface area (Å²) in [5.74, 6) is 0.323. The summed E-state index contributed by atoms with van der Waals surface area (Å²) >= 11 is 0. The first kappa shape index (κ1) is 7.32. The topological polar surface area (TPSA) is 29.1 Å². The highest BCUT2D eigenvalue weighted by Gasteiger charge is 2.15. The molecule has 0 aromatic rings. The molecule has 0 saturated heterocycles. The Kier molecular flexibility index (Phi) is 2.49. The molecule has 0 aliphatic carbocycles. The normalized spacial score (nSPS) is 23.9. The van der Waals surface area contributed by atoms with Crippen LogP contribution in [0.5, 0.6) is 0 Å². The molecule has 1 rings (SSSR count). The minimum Gasteiger partial charge on any atom is -0.381 e. The van der Waals surface area contributed by atoms with Gasteiger partial charge in [-0.25, -0.2) is 0 Å². The molecule has 2 heteroatoms. The fourth-order valence-electron chi connectivity index (χ4n) is 1.11. The van der Waals surface area contributed by atoms with Crippen molar-refractivity contribution in [3.8, 4) is 0 Å². The highest BCUT2D eigenvalue weighted by atomic mass is 16.1. The molecule has 1 unspecified atom stereocenters. The largest absolute Gasteiger partial charge is 0.381 e. The Bertz CT molecular complexity index is 151. The number of rotatable bonds is 2. The molecule has 0 bridgehead atoms. The second kappa shape index (κ2) is 3.40. The van der Waals surface area contributed by atoms with E-state index in [-0.39, 0.29) is 6.04 Å². The Morgan fingerprint density at radius 3 is 3.10 bits per heavy atom. The van der Waals surface area contributed by atoms with E-state index in [1.54, 1.807) is 0 Å². The van der Waals surface area contributed by atoms with Crippen molar-refractivity contribution in [3.63, 3.8) is 0 Å². The van der Waals surface area contributed by atoms with Gasteiger partial charge in [-0.05, 0) is 19.0 Å². The number of ketones is 1. The summed E-state index contributed by atoms with van der Waals surface area (Å²) in [5, 5.41) is 3.04. The summed E-state index contributed by atoms with van der Waals surface area (Å²) in [6.07, 6.45) is 6.57. The second-order valence-corrected chi connectivity index (χ2v) is 2.52. The van der Waals surface area contributed by atoms with Gasteiger partial charge in [-0.3, -0.25) is 4.79 Å². The number of allylic oxidation sites excluding steroid dienone is 1. The zero-order chi connectivity index (χ0) is 7.40. The van der Waals surface area contributed by atoms with E-state index in [1.165, 1.54) is 0 Å². The number of Topliss-reactive ketones (excluding diaryl/α,β-unsaturated/α-hetero) is 1. The average molecular weight is 139 g/mol. The van der Waals surface area contributed by atoms with Gasteiger partial charge in [0.2, 0.25) is 0 Å². The van der Waals surface area contributed by atoms with Crippen molar-refractivity contribution in [2.45, 2.75) is 32.2 Å². The smallest absolute Gasteiger partial charge is 0.154 e. The van der Waals surface area contributed by atoms with E-state index in [1.807, 2.05) is 13.1 Å². The average Bonchev–Trinajstić information content (AvgIpc) is 2.05. The van der Waals surface area contributed by atoms with Gasteiger partial charge in [-0.2, -0.15) is 0 Å². The Morgan fingerprint density at radius 2 is 2.60 bits per heavy atom. The summed E-state index contributed by atoms with van der Waals surface area (Å²) < 4.78 is 0. The highest BCUT2D eigenvalue weighted by Crippen LogP contribution is 2.05. The quantitative estimate of drug-likeness (QED) is 0.623. The molecule has 1 N–H and O–H groups in total. The lowest BCUT2D eigenvalue weighted by atomic mass is 10.0. The van der Waals surface area contributed by atoms with Crippen LogP contribution in [-0.4, -0.2) is 11.8 Å². The number of carbonyl (C=O) groups is 1. The van der Waals surface area contributed by atoms with Crippen molar-refractivity contribution in [2.24, 2.45) is 0 Å². The van der Waals surface area contributed by atoms with E-state index >= 15 is 0 Å². The van der Waals surface area contributed by atoms with Crippen molar-refractivity contribution in [3.05, 3.63) is 12.3 Å². The van der Waals surface area contributed by atoms with E-state index in [0.29, 0.717) is 12.2 Å². The highest BCUT2D eigenvalue weighted by molar-refractivity contribution is 5.83. The maximum absolute atomic E-state index is 11.1. The van der Waals surface area contributed by atoms with Crippen molar-refractivity contribution < 1.29 is 4.79 Å². The number of carbonyl (C=O) groups excluding carboxylic acids is 1. The number of nitrogens with one attached hydrogen (secondary N) is 1. The molecule has 0 spiro atoms. The maximum atomic E-state index is 11.1. The fourth-order valence-corrected chi connectivity index (χ4v) is 1.11. The van der Waals surface area contributed by atoms with E-state index < -0.39 is 0 Å². The van der Waals surface area contributed by atoms with Gasteiger partial charge in [0.25, 0.3) is 0 Å². The summed E-state index contributed by atoms with van der Waals surface area (Å²) in [6, 6.07) is 0.0926. The molecule has 1 heterocycles. The molecule has 1 aliphatic rings. The van der Waals surface area contributed by atoms with Gasteiger partial charge >= 0.3 is 0 Å². The first-order valence-electron chi connectivity index (χ1n) is 3.78. The molecule has 2 nitrogen and oxygen atoms in total. The van der Waals surface area contributed by atoms with Crippen LogP contribution in [0.25, 0.3) is 0 Å². The lowest BCUT2D eigenvalue weighted by Crippen LogP contribution is -2.34. The third kappa shape index (κ3) is 1.59. The molecule has 0 aromatic heterocycles. The lowest BCUT2D eigenvalue weighted by Gasteiger charge is -2.17. The Hall–Kier alpha value is -0.790. The zero-order valence-corrected chi connectivity index (χ0v) is 6.26. The molecule has 56 valence electrons. The van der Waals surface area contributed by atoms with Crippen molar-refractivity contribution in [1.82, 2.24) is 5.32 Å². The molecule has 0 radical (unpaired) electrons. The van der Waals surface area contributed by atoms with Crippen molar-refractivity contribution in [1.29, 1.82) is 0 Å². The molecule has 0 fully saturated rings. The molecule has 0 saturated carbocycles. The van der Waals surface area contributed by atoms with Gasteiger partial charge in [0, 0.05) is 6.42 Å².